The number of amides is 1. The second-order valence-electron chi connectivity index (χ2n) is 9.18. The molecule has 1 aliphatic rings. The lowest BCUT2D eigenvalue weighted by Crippen LogP contribution is -2.40. The molecule has 0 spiro atoms. The lowest BCUT2D eigenvalue weighted by molar-refractivity contribution is -0.118. The number of nitrogens with two attached hydrogens (primary N) is 1. The second-order valence-corrected chi connectivity index (χ2v) is 10.3. The van der Waals surface area contributed by atoms with Crippen molar-refractivity contribution in [3.63, 3.8) is 0 Å². The van der Waals surface area contributed by atoms with Gasteiger partial charge in [-0.15, -0.1) is 11.8 Å². The van der Waals surface area contributed by atoms with Crippen LogP contribution in [0, 0.1) is 0 Å². The number of rotatable bonds is 14. The van der Waals surface area contributed by atoms with E-state index in [0.717, 1.165) is 47.2 Å². The number of thioether (sulfide) groups is 1. The molecule has 4 rings (SSSR count). The second kappa shape index (κ2) is 14.1. The number of carbonyl (C=O) groups excluding carboxylic acids is 1. The highest BCUT2D eigenvalue weighted by molar-refractivity contribution is 8.00. The largest absolute Gasteiger partial charge is 0.494 e. The van der Waals surface area contributed by atoms with Crippen LogP contribution in [0.4, 0.5) is 5.69 Å². The first kappa shape index (κ1) is 28.6. The summed E-state index contributed by atoms with van der Waals surface area (Å²) in [4.78, 5) is 18.3. The van der Waals surface area contributed by atoms with Gasteiger partial charge in [-0.3, -0.25) is 4.79 Å². The molecule has 1 heterocycles. The summed E-state index contributed by atoms with van der Waals surface area (Å²) in [6, 6.07) is 21.4. The lowest BCUT2D eigenvalue weighted by atomic mass is 10.1. The van der Waals surface area contributed by atoms with Crippen LogP contribution in [0.25, 0.3) is 0 Å². The summed E-state index contributed by atoms with van der Waals surface area (Å²) in [5, 5.41) is -0.296. The molecule has 0 saturated heterocycles. The number of anilines is 1. The van der Waals surface area contributed by atoms with E-state index in [4.69, 9.17) is 24.7 Å². The Morgan fingerprint density at radius 3 is 2.36 bits per heavy atom. The number of carbonyl (C=O) groups is 1. The predicted molar refractivity (Wildman–Crippen MR) is 156 cm³/mol. The molecule has 1 amide bonds. The number of likely N-dealkylation sites (N-methyl/N-ethyl adjacent to an activating group) is 1. The fraction of sp³-hybridized carbons (Fsp3) is 0.367. The third kappa shape index (κ3) is 7.38. The van der Waals surface area contributed by atoms with E-state index in [2.05, 4.69) is 18.0 Å². The Hall–Kier alpha value is -3.40. The molecule has 208 valence electrons. The van der Waals surface area contributed by atoms with Gasteiger partial charge in [0.1, 0.15) is 23.4 Å². The van der Waals surface area contributed by atoms with Gasteiger partial charge >= 0.3 is 0 Å². The quantitative estimate of drug-likeness (QED) is 0.291. The van der Waals surface area contributed by atoms with Crippen molar-refractivity contribution in [1.82, 2.24) is 4.90 Å². The molecule has 3 aromatic rings. The Labute approximate surface area is 235 Å². The monoisotopic (exact) mass is 551 g/mol. The van der Waals surface area contributed by atoms with Crippen LogP contribution in [0.1, 0.15) is 17.2 Å². The number of hydrogen-bond acceptors (Lipinski definition) is 8. The van der Waals surface area contributed by atoms with E-state index in [1.165, 1.54) is 0 Å². The van der Waals surface area contributed by atoms with Gasteiger partial charge in [-0.2, -0.15) is 0 Å². The average Bonchev–Trinajstić information content (AvgIpc) is 2.97. The van der Waals surface area contributed by atoms with Crippen molar-refractivity contribution >= 4 is 23.4 Å². The average molecular weight is 552 g/mol. The molecule has 1 unspecified atom stereocenters. The normalized spacial score (nSPS) is 14.7. The molecule has 0 bridgehead atoms. The van der Waals surface area contributed by atoms with Crippen LogP contribution in [0.2, 0.25) is 0 Å². The van der Waals surface area contributed by atoms with Crippen LogP contribution in [-0.4, -0.2) is 71.5 Å². The molecule has 3 aromatic carbocycles. The molecule has 9 heteroatoms. The summed E-state index contributed by atoms with van der Waals surface area (Å²) < 4.78 is 22.4. The van der Waals surface area contributed by atoms with Crippen molar-refractivity contribution in [2.24, 2.45) is 5.73 Å². The first-order valence-corrected chi connectivity index (χ1v) is 13.9. The Bertz CT molecular complexity index is 1220. The maximum Gasteiger partial charge on any atom is 0.245 e. The maximum atomic E-state index is 13.2. The van der Waals surface area contributed by atoms with Gasteiger partial charge in [-0.1, -0.05) is 24.3 Å². The zero-order valence-corrected chi connectivity index (χ0v) is 23.6. The molecule has 8 nitrogen and oxygen atoms in total. The van der Waals surface area contributed by atoms with Crippen LogP contribution in [0.3, 0.4) is 0 Å². The standard InChI is InChI=1S/C30H37N3O5S/c1-32(18-20-38-24-13-14-26(35-2)27(21-24)36-3)16-6-19-37-23-11-9-22(10-12-23)29-30(34)33(17-15-31)25-7-4-5-8-28(25)39-29/h4-5,7-14,21,29H,6,15-20,31H2,1-3H3. The van der Waals surface area contributed by atoms with Gasteiger partial charge in [-0.05, 0) is 55.4 Å². The topological polar surface area (TPSA) is 86.5 Å². The molecule has 1 aliphatic heterocycles. The van der Waals surface area contributed by atoms with E-state index in [-0.39, 0.29) is 11.2 Å². The smallest absolute Gasteiger partial charge is 0.245 e. The lowest BCUT2D eigenvalue weighted by Gasteiger charge is -2.33. The molecule has 2 N–H and O–H groups in total. The highest BCUT2D eigenvalue weighted by Crippen LogP contribution is 2.46. The van der Waals surface area contributed by atoms with Crippen molar-refractivity contribution in [3.8, 4) is 23.0 Å². The zero-order chi connectivity index (χ0) is 27.6. The van der Waals surface area contributed by atoms with Gasteiger partial charge in [0.05, 0.1) is 26.5 Å². The molecular formula is C30H37N3O5S. The van der Waals surface area contributed by atoms with E-state index >= 15 is 0 Å². The van der Waals surface area contributed by atoms with Crippen molar-refractivity contribution < 1.29 is 23.7 Å². The van der Waals surface area contributed by atoms with Crippen molar-refractivity contribution in [2.45, 2.75) is 16.6 Å². The van der Waals surface area contributed by atoms with E-state index in [1.54, 1.807) is 30.9 Å². The number of fused-ring (bicyclic) bond motifs is 1. The molecular weight excluding hydrogens is 514 g/mol. The van der Waals surface area contributed by atoms with E-state index in [1.807, 2.05) is 60.7 Å². The number of hydrogen-bond donors (Lipinski definition) is 1. The van der Waals surface area contributed by atoms with Gasteiger partial charge < -0.3 is 34.5 Å². The van der Waals surface area contributed by atoms with Crippen LogP contribution in [-0.2, 0) is 4.79 Å². The van der Waals surface area contributed by atoms with E-state index < -0.39 is 0 Å². The fourth-order valence-electron chi connectivity index (χ4n) is 4.39. The highest BCUT2D eigenvalue weighted by Gasteiger charge is 2.34. The van der Waals surface area contributed by atoms with Gasteiger partial charge in [0.15, 0.2) is 11.5 Å². The van der Waals surface area contributed by atoms with Crippen molar-refractivity contribution in [3.05, 3.63) is 72.3 Å². The summed E-state index contributed by atoms with van der Waals surface area (Å²) >= 11 is 1.59. The molecule has 0 fully saturated rings. The Balaban J connectivity index is 1.20. The molecule has 0 aromatic heterocycles. The van der Waals surface area contributed by atoms with Crippen LogP contribution >= 0.6 is 11.8 Å². The fourth-order valence-corrected chi connectivity index (χ4v) is 5.62. The summed E-state index contributed by atoms with van der Waals surface area (Å²) in [5.41, 5.74) is 7.69. The Morgan fingerprint density at radius 2 is 1.62 bits per heavy atom. The molecule has 39 heavy (non-hydrogen) atoms. The van der Waals surface area contributed by atoms with Crippen LogP contribution in [0.15, 0.2) is 71.6 Å². The van der Waals surface area contributed by atoms with E-state index in [9.17, 15) is 4.79 Å². The summed E-state index contributed by atoms with van der Waals surface area (Å²) in [6.45, 7) is 3.78. The number of methoxy groups -OCH3 is 2. The Morgan fingerprint density at radius 1 is 0.897 bits per heavy atom. The molecule has 1 atom stereocenters. The number of nitrogens with zero attached hydrogens (tertiary/aromatic N) is 2. The van der Waals surface area contributed by atoms with Crippen LogP contribution in [0.5, 0.6) is 23.0 Å². The van der Waals surface area contributed by atoms with Gasteiger partial charge in [0.2, 0.25) is 5.91 Å². The SMILES string of the molecule is COc1ccc(OCCN(C)CCCOc2ccc(C3Sc4ccccc4N(CCN)C3=O)cc2)cc1OC. The molecule has 0 radical (unpaired) electrons. The molecule has 0 aliphatic carbocycles. The first-order valence-electron chi connectivity index (χ1n) is 13.1. The number of ether oxygens (including phenoxy) is 4. The maximum absolute atomic E-state index is 13.2. The predicted octanol–water partition coefficient (Wildman–Crippen LogP) is 4.62. The summed E-state index contributed by atoms with van der Waals surface area (Å²) in [6.07, 6.45) is 0.885. The summed E-state index contributed by atoms with van der Waals surface area (Å²) in [5.74, 6) is 2.94. The minimum absolute atomic E-state index is 0.0657. The number of benzene rings is 3. The van der Waals surface area contributed by atoms with Gasteiger partial charge in [0, 0.05) is 37.1 Å². The van der Waals surface area contributed by atoms with Crippen molar-refractivity contribution in [2.75, 3.05) is 65.6 Å². The van der Waals surface area contributed by atoms with E-state index in [0.29, 0.717) is 37.8 Å². The van der Waals surface area contributed by atoms with Crippen molar-refractivity contribution in [1.29, 1.82) is 0 Å². The van der Waals surface area contributed by atoms with Gasteiger partial charge in [0.25, 0.3) is 0 Å². The first-order chi connectivity index (χ1) is 19.0. The highest BCUT2D eigenvalue weighted by atomic mass is 32.2. The van der Waals surface area contributed by atoms with Gasteiger partial charge in [-0.25, -0.2) is 0 Å². The third-order valence-electron chi connectivity index (χ3n) is 6.48. The minimum atomic E-state index is -0.296. The zero-order valence-electron chi connectivity index (χ0n) is 22.8. The molecule has 0 saturated carbocycles. The van der Waals surface area contributed by atoms with Crippen LogP contribution < -0.4 is 29.6 Å². The third-order valence-corrected chi connectivity index (χ3v) is 7.79. The number of para-hydroxylation sites is 1. The minimum Gasteiger partial charge on any atom is -0.494 e. The summed E-state index contributed by atoms with van der Waals surface area (Å²) in [7, 11) is 5.29. The Kier molecular flexibility index (Phi) is 10.4.